The van der Waals surface area contributed by atoms with Gasteiger partial charge in [0.05, 0.1) is 10.6 Å². The lowest BCUT2D eigenvalue weighted by Gasteiger charge is -2.09. The molecule has 6 heteroatoms. The number of carboxylic acid groups (broad SMARTS) is 1. The molecule has 0 radical (unpaired) electrons. The molecule has 0 aromatic heterocycles. The van der Waals surface area contributed by atoms with Crippen LogP contribution in [0, 0.1) is 0 Å². The smallest absolute Gasteiger partial charge is 0.337 e. The summed E-state index contributed by atoms with van der Waals surface area (Å²) in [7, 11) is 0. The van der Waals surface area contributed by atoms with Gasteiger partial charge in [0.2, 0.25) is 0 Å². The summed E-state index contributed by atoms with van der Waals surface area (Å²) in [6, 6.07) is 10.1. The van der Waals surface area contributed by atoms with Gasteiger partial charge in [-0.05, 0) is 52.3 Å². The number of nitrogens with one attached hydrogen (secondary N) is 1. The highest BCUT2D eigenvalue weighted by Gasteiger charge is 2.08. The lowest BCUT2D eigenvalue weighted by atomic mass is 10.1. The topological polar surface area (TPSA) is 75.3 Å². The molecule has 0 unspecified atom stereocenters. The molecule has 0 aliphatic heterocycles. The van der Waals surface area contributed by atoms with Gasteiger partial charge in [0.15, 0.2) is 0 Å². The molecule has 98 valence electrons. The van der Waals surface area contributed by atoms with Gasteiger partial charge in [0, 0.05) is 21.5 Å². The highest BCUT2D eigenvalue weighted by Crippen LogP contribution is 2.28. The van der Waals surface area contributed by atoms with Crippen molar-refractivity contribution in [2.45, 2.75) is 0 Å². The Kier molecular flexibility index (Phi) is 3.97. The maximum absolute atomic E-state index is 10.9. The van der Waals surface area contributed by atoms with Gasteiger partial charge in [0.25, 0.3) is 0 Å². The van der Waals surface area contributed by atoms with Crippen molar-refractivity contribution in [2.24, 2.45) is 0 Å². The largest absolute Gasteiger partial charge is 0.478 e. The fourth-order valence-corrected chi connectivity index (χ4v) is 2.00. The Balaban J connectivity index is 2.26. The van der Waals surface area contributed by atoms with E-state index in [0.29, 0.717) is 10.7 Å². The van der Waals surface area contributed by atoms with E-state index in [1.165, 1.54) is 6.07 Å². The summed E-state index contributed by atoms with van der Waals surface area (Å²) >= 11 is 9.30. The van der Waals surface area contributed by atoms with Gasteiger partial charge in [-0.3, -0.25) is 0 Å². The summed E-state index contributed by atoms with van der Waals surface area (Å²) in [6.45, 7) is 0. The second-order valence-electron chi connectivity index (χ2n) is 3.86. The van der Waals surface area contributed by atoms with E-state index in [2.05, 4.69) is 21.2 Å². The number of halogens is 2. The number of hydrogen-bond acceptors (Lipinski definition) is 3. The summed E-state index contributed by atoms with van der Waals surface area (Å²) in [5.41, 5.74) is 7.45. The number of anilines is 3. The fourth-order valence-electron chi connectivity index (χ4n) is 1.58. The highest BCUT2D eigenvalue weighted by atomic mass is 79.9. The minimum atomic E-state index is -1.05. The molecule has 0 heterocycles. The minimum Gasteiger partial charge on any atom is -0.478 e. The van der Waals surface area contributed by atoms with Gasteiger partial charge < -0.3 is 16.2 Å². The highest BCUT2D eigenvalue weighted by molar-refractivity contribution is 9.10. The molecule has 19 heavy (non-hydrogen) atoms. The monoisotopic (exact) mass is 340 g/mol. The Morgan fingerprint density at radius 2 is 1.84 bits per heavy atom. The normalized spacial score (nSPS) is 10.2. The van der Waals surface area contributed by atoms with Crippen molar-refractivity contribution in [1.29, 1.82) is 0 Å². The van der Waals surface area contributed by atoms with E-state index < -0.39 is 5.97 Å². The number of rotatable bonds is 3. The van der Waals surface area contributed by atoms with Gasteiger partial charge in [-0.15, -0.1) is 0 Å². The second-order valence-corrected chi connectivity index (χ2v) is 5.12. The van der Waals surface area contributed by atoms with E-state index in [0.717, 1.165) is 10.2 Å². The van der Waals surface area contributed by atoms with Gasteiger partial charge in [-0.1, -0.05) is 11.6 Å². The third-order valence-corrected chi connectivity index (χ3v) is 3.72. The van der Waals surface area contributed by atoms with Crippen molar-refractivity contribution < 1.29 is 9.90 Å². The third-order valence-electron chi connectivity index (χ3n) is 2.49. The predicted molar refractivity (Wildman–Crippen MR) is 80.2 cm³/mol. The average Bonchev–Trinajstić information content (AvgIpc) is 2.33. The van der Waals surface area contributed by atoms with Crippen molar-refractivity contribution in [1.82, 2.24) is 0 Å². The van der Waals surface area contributed by atoms with Crippen molar-refractivity contribution in [3.05, 3.63) is 51.5 Å². The molecule has 0 atom stereocenters. The Labute approximate surface area is 123 Å². The molecule has 0 spiro atoms. The van der Waals surface area contributed by atoms with Crippen LogP contribution in [-0.2, 0) is 0 Å². The van der Waals surface area contributed by atoms with Crippen LogP contribution in [0.5, 0.6) is 0 Å². The minimum absolute atomic E-state index is 0.0828. The van der Waals surface area contributed by atoms with E-state index in [4.69, 9.17) is 22.4 Å². The van der Waals surface area contributed by atoms with E-state index in [1.807, 2.05) is 12.1 Å². The number of hydrogen-bond donors (Lipinski definition) is 3. The van der Waals surface area contributed by atoms with Crippen molar-refractivity contribution in [3.63, 3.8) is 0 Å². The van der Waals surface area contributed by atoms with Crippen LogP contribution in [0.2, 0.25) is 5.02 Å². The first kappa shape index (κ1) is 13.7. The van der Waals surface area contributed by atoms with Crippen LogP contribution in [0.25, 0.3) is 0 Å². The van der Waals surface area contributed by atoms with Crippen LogP contribution >= 0.6 is 27.5 Å². The van der Waals surface area contributed by atoms with E-state index in [-0.39, 0.29) is 11.3 Å². The summed E-state index contributed by atoms with van der Waals surface area (Å²) in [4.78, 5) is 10.9. The number of carboxylic acids is 1. The summed E-state index contributed by atoms with van der Waals surface area (Å²) in [5.74, 6) is -1.05. The number of nitrogen functional groups attached to an aromatic ring is 1. The number of carbonyl (C=O) groups is 1. The third kappa shape index (κ3) is 3.19. The van der Waals surface area contributed by atoms with E-state index in [9.17, 15) is 4.79 Å². The van der Waals surface area contributed by atoms with Gasteiger partial charge in [0.1, 0.15) is 0 Å². The molecule has 0 aliphatic carbocycles. The molecule has 0 bridgehead atoms. The lowest BCUT2D eigenvalue weighted by Crippen LogP contribution is -2.03. The number of aromatic carboxylic acids is 1. The van der Waals surface area contributed by atoms with E-state index in [1.54, 1.807) is 18.2 Å². The standard InChI is InChI=1S/C13H10BrClN2O2/c14-10-4-2-7(5-11(10)15)17-8-1-3-9(13(18)19)12(16)6-8/h1-6,17H,16H2,(H,18,19). The van der Waals surface area contributed by atoms with Gasteiger partial charge in [-0.25, -0.2) is 4.79 Å². The number of benzene rings is 2. The molecular formula is C13H10BrClN2O2. The summed E-state index contributed by atoms with van der Waals surface area (Å²) < 4.78 is 0.806. The van der Waals surface area contributed by atoms with Crippen LogP contribution < -0.4 is 11.1 Å². The molecule has 0 amide bonds. The fraction of sp³-hybridized carbons (Fsp3) is 0. The predicted octanol–water partition coefficient (Wildman–Crippen LogP) is 4.13. The van der Waals surface area contributed by atoms with Crippen LogP contribution in [0.15, 0.2) is 40.9 Å². The van der Waals surface area contributed by atoms with E-state index >= 15 is 0 Å². The maximum atomic E-state index is 10.9. The summed E-state index contributed by atoms with van der Waals surface area (Å²) in [6.07, 6.45) is 0. The number of nitrogens with two attached hydrogens (primary N) is 1. The van der Waals surface area contributed by atoms with Crippen molar-refractivity contribution in [2.75, 3.05) is 11.1 Å². The molecule has 2 aromatic rings. The SMILES string of the molecule is Nc1cc(Nc2ccc(Br)c(Cl)c2)ccc1C(=O)O. The molecule has 0 fully saturated rings. The first-order valence-corrected chi connectivity index (χ1v) is 6.49. The van der Waals surface area contributed by atoms with Crippen molar-refractivity contribution >= 4 is 50.6 Å². The molecule has 4 nitrogen and oxygen atoms in total. The quantitative estimate of drug-likeness (QED) is 0.734. The first-order valence-electron chi connectivity index (χ1n) is 5.32. The molecule has 0 saturated heterocycles. The molecule has 2 aromatic carbocycles. The van der Waals surface area contributed by atoms with Gasteiger partial charge >= 0.3 is 5.97 Å². The Morgan fingerprint density at radius 3 is 2.42 bits per heavy atom. The zero-order chi connectivity index (χ0) is 14.0. The van der Waals surface area contributed by atoms with Crippen LogP contribution in [0.4, 0.5) is 17.1 Å². The molecule has 0 saturated carbocycles. The maximum Gasteiger partial charge on any atom is 0.337 e. The lowest BCUT2D eigenvalue weighted by molar-refractivity contribution is 0.0698. The second kappa shape index (κ2) is 5.50. The Bertz CT molecular complexity index is 647. The molecule has 4 N–H and O–H groups in total. The summed E-state index contributed by atoms with van der Waals surface area (Å²) in [5, 5.41) is 12.6. The Morgan fingerprint density at radius 1 is 1.21 bits per heavy atom. The van der Waals surface area contributed by atoms with Gasteiger partial charge in [-0.2, -0.15) is 0 Å². The zero-order valence-electron chi connectivity index (χ0n) is 9.65. The molecule has 2 rings (SSSR count). The van der Waals surface area contributed by atoms with Crippen LogP contribution in [0.1, 0.15) is 10.4 Å². The van der Waals surface area contributed by atoms with Crippen molar-refractivity contribution in [3.8, 4) is 0 Å². The van der Waals surface area contributed by atoms with Crippen LogP contribution in [0.3, 0.4) is 0 Å². The molecule has 0 aliphatic rings. The zero-order valence-corrected chi connectivity index (χ0v) is 12.0. The average molecular weight is 342 g/mol. The van der Waals surface area contributed by atoms with Crippen LogP contribution in [-0.4, -0.2) is 11.1 Å². The first-order chi connectivity index (χ1) is 8.97. The molecular weight excluding hydrogens is 332 g/mol. The Hall–Kier alpha value is -1.72.